The fraction of sp³-hybridized carbons (Fsp3) is 0.571. The number of sulfonamides is 1. The second kappa shape index (κ2) is 5.61. The summed E-state index contributed by atoms with van der Waals surface area (Å²) in [6.07, 6.45) is 0.875. The first-order valence-electron chi connectivity index (χ1n) is 6.71. The van der Waals surface area contributed by atoms with Gasteiger partial charge in [0, 0.05) is 19.6 Å². The molecule has 1 N–H and O–H groups in total. The van der Waals surface area contributed by atoms with Crippen LogP contribution in [-0.2, 0) is 10.0 Å². The average Bonchev–Trinajstić information content (AvgIpc) is 2.91. The molecule has 0 aromatic heterocycles. The molecule has 0 aliphatic carbocycles. The Morgan fingerprint density at radius 2 is 1.89 bits per heavy atom. The molecule has 1 saturated heterocycles. The van der Waals surface area contributed by atoms with E-state index in [0.29, 0.717) is 10.8 Å². The SMILES string of the molecule is CC(C)c1ccc(S(=O)(=O)N(C)C2CCNC2)cc1. The Balaban J connectivity index is 2.23. The predicted octanol–water partition coefficient (Wildman–Crippen LogP) is 1.79. The van der Waals surface area contributed by atoms with Gasteiger partial charge in [0.2, 0.25) is 10.0 Å². The van der Waals surface area contributed by atoms with Crippen molar-refractivity contribution >= 4 is 10.0 Å². The summed E-state index contributed by atoms with van der Waals surface area (Å²) in [5, 5.41) is 3.19. The minimum Gasteiger partial charge on any atom is -0.315 e. The zero-order valence-corrected chi connectivity index (χ0v) is 12.6. The summed E-state index contributed by atoms with van der Waals surface area (Å²) in [6.45, 7) is 5.82. The van der Waals surface area contributed by atoms with Crippen molar-refractivity contribution in [3.05, 3.63) is 29.8 Å². The summed E-state index contributed by atoms with van der Waals surface area (Å²) in [7, 11) is -1.70. The normalized spacial score (nSPS) is 20.4. The molecule has 1 fully saturated rings. The van der Waals surface area contributed by atoms with Gasteiger partial charge in [-0.25, -0.2) is 8.42 Å². The quantitative estimate of drug-likeness (QED) is 0.916. The van der Waals surface area contributed by atoms with Crippen molar-refractivity contribution in [2.75, 3.05) is 20.1 Å². The number of hydrogen-bond acceptors (Lipinski definition) is 3. The number of rotatable bonds is 4. The molecule has 1 aromatic rings. The van der Waals surface area contributed by atoms with Crippen LogP contribution in [0.15, 0.2) is 29.2 Å². The molecule has 0 saturated carbocycles. The Morgan fingerprint density at radius 1 is 1.26 bits per heavy atom. The number of benzene rings is 1. The highest BCUT2D eigenvalue weighted by Crippen LogP contribution is 2.22. The van der Waals surface area contributed by atoms with E-state index in [1.54, 1.807) is 19.2 Å². The molecule has 4 nitrogen and oxygen atoms in total. The van der Waals surface area contributed by atoms with Crippen LogP contribution in [0.25, 0.3) is 0 Å². The highest BCUT2D eigenvalue weighted by Gasteiger charge is 2.29. The van der Waals surface area contributed by atoms with Crippen molar-refractivity contribution in [1.82, 2.24) is 9.62 Å². The van der Waals surface area contributed by atoms with Gasteiger partial charge in [0.05, 0.1) is 4.90 Å². The standard InChI is InChI=1S/C14H22N2O2S/c1-11(2)12-4-6-14(7-5-12)19(17,18)16(3)13-8-9-15-10-13/h4-7,11,13,15H,8-10H2,1-3H3. The summed E-state index contributed by atoms with van der Waals surface area (Å²) >= 11 is 0. The van der Waals surface area contributed by atoms with Crippen LogP contribution in [-0.4, -0.2) is 38.9 Å². The van der Waals surface area contributed by atoms with E-state index in [2.05, 4.69) is 19.2 Å². The first-order chi connectivity index (χ1) is 8.93. The number of nitrogens with zero attached hydrogens (tertiary/aromatic N) is 1. The molecule has 106 valence electrons. The summed E-state index contributed by atoms with van der Waals surface area (Å²) in [6, 6.07) is 7.29. The zero-order chi connectivity index (χ0) is 14.0. The number of nitrogens with one attached hydrogen (secondary N) is 1. The van der Waals surface area contributed by atoms with Crippen LogP contribution in [0.5, 0.6) is 0 Å². The van der Waals surface area contributed by atoms with Gasteiger partial charge in [0.25, 0.3) is 0 Å². The van der Waals surface area contributed by atoms with Gasteiger partial charge < -0.3 is 5.32 Å². The lowest BCUT2D eigenvalue weighted by molar-refractivity contribution is 0.388. The van der Waals surface area contributed by atoms with E-state index in [0.717, 1.165) is 25.1 Å². The zero-order valence-electron chi connectivity index (χ0n) is 11.8. The van der Waals surface area contributed by atoms with Gasteiger partial charge in [-0.05, 0) is 36.6 Å². The largest absolute Gasteiger partial charge is 0.315 e. The average molecular weight is 282 g/mol. The molecule has 0 bridgehead atoms. The molecule has 0 amide bonds. The van der Waals surface area contributed by atoms with Crippen molar-refractivity contribution in [3.63, 3.8) is 0 Å². The summed E-state index contributed by atoms with van der Waals surface area (Å²) in [4.78, 5) is 0.381. The Hall–Kier alpha value is -0.910. The van der Waals surface area contributed by atoms with E-state index in [-0.39, 0.29) is 6.04 Å². The maximum atomic E-state index is 12.5. The van der Waals surface area contributed by atoms with Crippen molar-refractivity contribution < 1.29 is 8.42 Å². The van der Waals surface area contributed by atoms with E-state index in [9.17, 15) is 8.42 Å². The molecule has 1 aliphatic rings. The molecule has 1 atom stereocenters. The lowest BCUT2D eigenvalue weighted by Gasteiger charge is -2.23. The smallest absolute Gasteiger partial charge is 0.243 e. The maximum Gasteiger partial charge on any atom is 0.243 e. The lowest BCUT2D eigenvalue weighted by Crippen LogP contribution is -2.38. The van der Waals surface area contributed by atoms with Crippen LogP contribution in [0, 0.1) is 0 Å². The lowest BCUT2D eigenvalue weighted by atomic mass is 10.0. The molecule has 0 spiro atoms. The summed E-state index contributed by atoms with van der Waals surface area (Å²) < 4.78 is 26.5. The Kier molecular flexibility index (Phi) is 4.28. The van der Waals surface area contributed by atoms with E-state index >= 15 is 0 Å². The minimum atomic E-state index is -3.37. The van der Waals surface area contributed by atoms with E-state index in [1.165, 1.54) is 4.31 Å². The van der Waals surface area contributed by atoms with Gasteiger partial charge in [-0.15, -0.1) is 0 Å². The van der Waals surface area contributed by atoms with Gasteiger partial charge in [-0.3, -0.25) is 0 Å². The molecule has 19 heavy (non-hydrogen) atoms. The van der Waals surface area contributed by atoms with Crippen LogP contribution in [0.1, 0.15) is 31.7 Å². The van der Waals surface area contributed by atoms with Crippen LogP contribution in [0.4, 0.5) is 0 Å². The van der Waals surface area contributed by atoms with Gasteiger partial charge in [-0.2, -0.15) is 4.31 Å². The Morgan fingerprint density at radius 3 is 2.37 bits per heavy atom. The monoisotopic (exact) mass is 282 g/mol. The van der Waals surface area contributed by atoms with Crippen LogP contribution in [0.2, 0.25) is 0 Å². The number of hydrogen-bond donors (Lipinski definition) is 1. The predicted molar refractivity (Wildman–Crippen MR) is 76.8 cm³/mol. The third-order valence-electron chi connectivity index (χ3n) is 3.77. The third-order valence-corrected chi connectivity index (χ3v) is 5.70. The van der Waals surface area contributed by atoms with Crippen molar-refractivity contribution in [2.45, 2.75) is 37.1 Å². The molecule has 1 heterocycles. The van der Waals surface area contributed by atoms with E-state index in [1.807, 2.05) is 12.1 Å². The summed E-state index contributed by atoms with van der Waals surface area (Å²) in [5.41, 5.74) is 1.16. The Labute approximate surface area is 115 Å². The molecular weight excluding hydrogens is 260 g/mol. The maximum absolute atomic E-state index is 12.5. The first kappa shape index (κ1) is 14.5. The van der Waals surface area contributed by atoms with E-state index in [4.69, 9.17) is 0 Å². The molecule has 0 radical (unpaired) electrons. The molecule has 1 aromatic carbocycles. The second-order valence-corrected chi connectivity index (χ2v) is 7.39. The van der Waals surface area contributed by atoms with Crippen LogP contribution >= 0.6 is 0 Å². The van der Waals surface area contributed by atoms with Gasteiger partial charge in [0.15, 0.2) is 0 Å². The van der Waals surface area contributed by atoms with Crippen molar-refractivity contribution in [3.8, 4) is 0 Å². The Bertz CT molecular complexity index is 517. The fourth-order valence-corrected chi connectivity index (χ4v) is 3.72. The second-order valence-electron chi connectivity index (χ2n) is 5.39. The van der Waals surface area contributed by atoms with Crippen molar-refractivity contribution in [2.24, 2.45) is 0 Å². The van der Waals surface area contributed by atoms with Crippen LogP contribution in [0.3, 0.4) is 0 Å². The van der Waals surface area contributed by atoms with Gasteiger partial charge >= 0.3 is 0 Å². The van der Waals surface area contributed by atoms with Gasteiger partial charge in [0.1, 0.15) is 0 Å². The minimum absolute atomic E-state index is 0.0646. The third kappa shape index (κ3) is 2.99. The number of likely N-dealkylation sites (N-methyl/N-ethyl adjacent to an activating group) is 1. The first-order valence-corrected chi connectivity index (χ1v) is 8.15. The molecule has 2 rings (SSSR count). The molecular formula is C14H22N2O2S. The molecule has 5 heteroatoms. The molecule has 1 unspecified atom stereocenters. The molecule has 1 aliphatic heterocycles. The van der Waals surface area contributed by atoms with Crippen molar-refractivity contribution in [1.29, 1.82) is 0 Å². The fourth-order valence-electron chi connectivity index (χ4n) is 2.34. The highest BCUT2D eigenvalue weighted by atomic mass is 32.2. The summed E-state index contributed by atoms with van der Waals surface area (Å²) in [5.74, 6) is 0.411. The van der Waals surface area contributed by atoms with Crippen LogP contribution < -0.4 is 5.32 Å². The highest BCUT2D eigenvalue weighted by molar-refractivity contribution is 7.89. The topological polar surface area (TPSA) is 49.4 Å². The van der Waals surface area contributed by atoms with E-state index < -0.39 is 10.0 Å². The van der Waals surface area contributed by atoms with Gasteiger partial charge in [-0.1, -0.05) is 26.0 Å².